The van der Waals surface area contributed by atoms with E-state index in [1.165, 1.54) is 12.8 Å². The number of furan rings is 1. The van der Waals surface area contributed by atoms with Gasteiger partial charge in [-0.25, -0.2) is 0 Å². The first-order chi connectivity index (χ1) is 11.8. The van der Waals surface area contributed by atoms with Gasteiger partial charge < -0.3 is 19.4 Å². The van der Waals surface area contributed by atoms with E-state index in [0.29, 0.717) is 17.3 Å². The molecule has 0 saturated carbocycles. The second kappa shape index (κ2) is 6.95. The highest BCUT2D eigenvalue weighted by Crippen LogP contribution is 2.21. The molecule has 2 saturated heterocycles. The highest BCUT2D eigenvalue weighted by atomic mass is 16.5. The summed E-state index contributed by atoms with van der Waals surface area (Å²) in [5.74, 6) is -0.0341. The molecule has 24 heavy (non-hydrogen) atoms. The number of hydrogen-bond donors (Lipinski definition) is 1. The molecule has 1 atom stereocenters. The number of ether oxygens (including phenoxy) is 1. The van der Waals surface area contributed by atoms with Gasteiger partial charge in [0, 0.05) is 37.7 Å². The number of nitrogens with one attached hydrogen (secondary N) is 1. The van der Waals surface area contributed by atoms with Gasteiger partial charge in [0.2, 0.25) is 0 Å². The van der Waals surface area contributed by atoms with Crippen LogP contribution < -0.4 is 5.32 Å². The van der Waals surface area contributed by atoms with Crippen LogP contribution in [0.3, 0.4) is 0 Å². The van der Waals surface area contributed by atoms with E-state index in [1.54, 1.807) is 6.26 Å². The fourth-order valence-electron chi connectivity index (χ4n) is 3.77. The van der Waals surface area contributed by atoms with Crippen LogP contribution in [0.2, 0.25) is 0 Å². The Morgan fingerprint density at radius 1 is 1.21 bits per heavy atom. The Morgan fingerprint density at radius 3 is 2.88 bits per heavy atom. The smallest absolute Gasteiger partial charge is 0.255 e. The van der Waals surface area contributed by atoms with E-state index < -0.39 is 0 Å². The number of piperidine rings is 1. The zero-order valence-corrected chi connectivity index (χ0v) is 13.9. The lowest BCUT2D eigenvalue weighted by atomic mass is 10.0. The molecular weight excluding hydrogens is 304 g/mol. The summed E-state index contributed by atoms with van der Waals surface area (Å²) in [7, 11) is 0. The number of hydrogen-bond acceptors (Lipinski definition) is 4. The molecule has 1 aromatic heterocycles. The maximum absolute atomic E-state index is 12.6. The van der Waals surface area contributed by atoms with E-state index in [-0.39, 0.29) is 11.9 Å². The average Bonchev–Trinajstić information content (AvgIpc) is 3.27. The highest BCUT2D eigenvalue weighted by Gasteiger charge is 2.25. The van der Waals surface area contributed by atoms with Crippen molar-refractivity contribution < 1.29 is 13.9 Å². The van der Waals surface area contributed by atoms with Crippen molar-refractivity contribution in [2.75, 3.05) is 26.2 Å². The third kappa shape index (κ3) is 3.32. The molecule has 3 heterocycles. The molecule has 128 valence electrons. The standard InChI is InChI=1S/C19H24N2O3/c22-19(17-5-1-3-14-8-12-24-18(14)17)20-15-6-9-21(10-7-15)13-16-4-2-11-23-16/h1,3,5,8,12,15-16H,2,4,6-7,9-11,13H2,(H,20,22). The third-order valence-electron chi connectivity index (χ3n) is 5.13. The van der Waals surface area contributed by atoms with Gasteiger partial charge in [0.05, 0.1) is 17.9 Å². The average molecular weight is 328 g/mol. The molecule has 0 bridgehead atoms. The number of nitrogens with zero attached hydrogens (tertiary/aromatic N) is 1. The maximum atomic E-state index is 12.6. The predicted molar refractivity (Wildman–Crippen MR) is 92.1 cm³/mol. The van der Waals surface area contributed by atoms with Crippen LogP contribution in [0.15, 0.2) is 34.9 Å². The summed E-state index contributed by atoms with van der Waals surface area (Å²) in [6.07, 6.45) is 6.40. The van der Waals surface area contributed by atoms with Crippen molar-refractivity contribution in [3.8, 4) is 0 Å². The van der Waals surface area contributed by atoms with E-state index in [2.05, 4.69) is 10.2 Å². The Morgan fingerprint density at radius 2 is 2.08 bits per heavy atom. The van der Waals surface area contributed by atoms with Crippen LogP contribution in [0, 0.1) is 0 Å². The van der Waals surface area contributed by atoms with Crippen LogP contribution in [0.1, 0.15) is 36.0 Å². The molecule has 2 aromatic rings. The molecule has 4 rings (SSSR count). The van der Waals surface area contributed by atoms with E-state index in [0.717, 1.165) is 44.5 Å². The summed E-state index contributed by atoms with van der Waals surface area (Å²) in [6.45, 7) is 3.99. The molecule has 2 aliphatic heterocycles. The quantitative estimate of drug-likeness (QED) is 0.938. The number of amides is 1. The van der Waals surface area contributed by atoms with Crippen LogP contribution in [0.4, 0.5) is 0 Å². The number of carbonyl (C=O) groups is 1. The molecule has 5 nitrogen and oxygen atoms in total. The maximum Gasteiger partial charge on any atom is 0.255 e. The summed E-state index contributed by atoms with van der Waals surface area (Å²) >= 11 is 0. The Kier molecular flexibility index (Phi) is 4.54. The second-order valence-corrected chi connectivity index (χ2v) is 6.83. The lowest BCUT2D eigenvalue weighted by Crippen LogP contribution is -2.46. The van der Waals surface area contributed by atoms with Gasteiger partial charge in [0.15, 0.2) is 0 Å². The first kappa shape index (κ1) is 15.7. The third-order valence-corrected chi connectivity index (χ3v) is 5.13. The molecule has 5 heteroatoms. The number of benzene rings is 1. The largest absolute Gasteiger partial charge is 0.464 e. The first-order valence-electron chi connectivity index (χ1n) is 8.90. The van der Waals surface area contributed by atoms with E-state index in [1.807, 2.05) is 24.3 Å². The summed E-state index contributed by atoms with van der Waals surface area (Å²) in [5, 5.41) is 4.14. The van der Waals surface area contributed by atoms with Gasteiger partial charge in [-0.1, -0.05) is 12.1 Å². The van der Waals surface area contributed by atoms with Gasteiger partial charge >= 0.3 is 0 Å². The SMILES string of the molecule is O=C(NC1CCN(CC2CCCO2)CC1)c1cccc2ccoc12. The molecule has 2 aliphatic rings. The topological polar surface area (TPSA) is 54.7 Å². The van der Waals surface area contributed by atoms with Gasteiger partial charge in [-0.3, -0.25) is 4.79 Å². The molecule has 0 spiro atoms. The first-order valence-corrected chi connectivity index (χ1v) is 8.90. The molecule has 1 aromatic carbocycles. The fourth-order valence-corrected chi connectivity index (χ4v) is 3.77. The zero-order valence-electron chi connectivity index (χ0n) is 13.9. The minimum atomic E-state index is -0.0341. The van der Waals surface area contributed by atoms with E-state index >= 15 is 0 Å². The van der Waals surface area contributed by atoms with E-state index in [9.17, 15) is 4.79 Å². The normalized spacial score (nSPS) is 22.9. The minimum absolute atomic E-state index is 0.0341. The van der Waals surface area contributed by atoms with E-state index in [4.69, 9.17) is 9.15 Å². The Bertz CT molecular complexity index is 697. The number of fused-ring (bicyclic) bond motifs is 1. The van der Waals surface area contributed by atoms with Crippen molar-refractivity contribution in [2.24, 2.45) is 0 Å². The number of rotatable bonds is 4. The Labute approximate surface area is 141 Å². The van der Waals surface area contributed by atoms with Gasteiger partial charge in [0.25, 0.3) is 5.91 Å². The van der Waals surface area contributed by atoms with Gasteiger partial charge in [-0.05, 0) is 37.8 Å². The van der Waals surface area contributed by atoms with Crippen molar-refractivity contribution in [1.82, 2.24) is 10.2 Å². The summed E-state index contributed by atoms with van der Waals surface area (Å²) in [5.41, 5.74) is 1.30. The van der Waals surface area contributed by atoms with Crippen LogP contribution >= 0.6 is 0 Å². The zero-order chi connectivity index (χ0) is 16.4. The summed E-state index contributed by atoms with van der Waals surface area (Å²) < 4.78 is 11.2. The lowest BCUT2D eigenvalue weighted by molar-refractivity contribution is 0.0613. The lowest BCUT2D eigenvalue weighted by Gasteiger charge is -2.33. The fraction of sp³-hybridized carbons (Fsp3) is 0.526. The Balaban J connectivity index is 1.32. The van der Waals surface area contributed by atoms with Crippen molar-refractivity contribution in [3.63, 3.8) is 0 Å². The highest BCUT2D eigenvalue weighted by molar-refractivity contribution is 6.04. The number of likely N-dealkylation sites (tertiary alicyclic amines) is 1. The predicted octanol–water partition coefficient (Wildman–Crippen LogP) is 2.81. The molecule has 0 radical (unpaired) electrons. The summed E-state index contributed by atoms with van der Waals surface area (Å²) in [6, 6.07) is 7.81. The van der Waals surface area contributed by atoms with Gasteiger partial charge in [0.1, 0.15) is 5.58 Å². The van der Waals surface area contributed by atoms with Crippen LogP contribution in [-0.4, -0.2) is 49.2 Å². The molecule has 0 aliphatic carbocycles. The number of para-hydroxylation sites is 1. The molecule has 1 N–H and O–H groups in total. The van der Waals surface area contributed by atoms with Crippen molar-refractivity contribution >= 4 is 16.9 Å². The van der Waals surface area contributed by atoms with Crippen LogP contribution in [0.5, 0.6) is 0 Å². The van der Waals surface area contributed by atoms with Crippen molar-refractivity contribution in [2.45, 2.75) is 37.8 Å². The molecular formula is C19H24N2O3. The van der Waals surface area contributed by atoms with Gasteiger partial charge in [-0.15, -0.1) is 0 Å². The molecule has 1 amide bonds. The number of carbonyl (C=O) groups excluding carboxylic acids is 1. The molecule has 2 fully saturated rings. The summed E-state index contributed by atoms with van der Waals surface area (Å²) in [4.78, 5) is 15.0. The second-order valence-electron chi connectivity index (χ2n) is 6.83. The molecule has 1 unspecified atom stereocenters. The Hall–Kier alpha value is -1.85. The van der Waals surface area contributed by atoms with Crippen molar-refractivity contribution in [3.05, 3.63) is 36.1 Å². The van der Waals surface area contributed by atoms with Crippen LogP contribution in [0.25, 0.3) is 11.0 Å². The van der Waals surface area contributed by atoms with Crippen molar-refractivity contribution in [1.29, 1.82) is 0 Å². The monoisotopic (exact) mass is 328 g/mol. The minimum Gasteiger partial charge on any atom is -0.464 e. The van der Waals surface area contributed by atoms with Crippen LogP contribution in [-0.2, 0) is 4.74 Å². The van der Waals surface area contributed by atoms with Gasteiger partial charge in [-0.2, -0.15) is 0 Å².